The number of aliphatic carboxylic acids is 1. The molecule has 1 saturated carbocycles. The summed E-state index contributed by atoms with van der Waals surface area (Å²) in [5.41, 5.74) is -0.108. The Morgan fingerprint density at radius 3 is 2.36 bits per heavy atom. The topological polar surface area (TPSA) is 89.5 Å². The van der Waals surface area contributed by atoms with Crippen molar-refractivity contribution in [2.24, 2.45) is 11.3 Å². The minimum atomic E-state index is -1.04. The summed E-state index contributed by atoms with van der Waals surface area (Å²) in [6, 6.07) is 4.61. The standard InChI is InChI=1S/C18H22O5.2Na/c1-18(17(21)22)9-7-13(8-10-18)14(19)5-3-12-4-6-15(20)16(11-12)23-2;;/h3-6,11,13,20H,7-10H2,1-2H3,(H,21,22);;/q;2*+1/p-2. The van der Waals surface area contributed by atoms with E-state index >= 15 is 0 Å². The third-order valence-electron chi connectivity index (χ3n) is 4.61. The Balaban J connectivity index is 0.00000288. The van der Waals surface area contributed by atoms with Crippen molar-refractivity contribution in [1.29, 1.82) is 0 Å². The molecule has 0 unspecified atom stereocenters. The molecule has 124 valence electrons. The van der Waals surface area contributed by atoms with Gasteiger partial charge in [-0.1, -0.05) is 30.9 Å². The molecule has 0 aliphatic heterocycles. The van der Waals surface area contributed by atoms with Crippen molar-refractivity contribution in [1.82, 2.24) is 0 Å². The minimum Gasteiger partial charge on any atom is -0.870 e. The summed E-state index contributed by atoms with van der Waals surface area (Å²) in [5.74, 6) is -1.18. The molecule has 2 rings (SSSR count). The Kier molecular flexibility index (Phi) is 10.6. The quantitative estimate of drug-likeness (QED) is 0.388. The molecular weight excluding hydrogens is 342 g/mol. The molecule has 1 fully saturated rings. The second-order valence-corrected chi connectivity index (χ2v) is 6.27. The first-order valence-electron chi connectivity index (χ1n) is 7.64. The number of rotatable bonds is 5. The van der Waals surface area contributed by atoms with Crippen LogP contribution in [-0.2, 0) is 9.59 Å². The molecule has 0 N–H and O–H groups in total. The zero-order valence-corrected chi connectivity index (χ0v) is 19.3. The fourth-order valence-electron chi connectivity index (χ4n) is 2.85. The predicted molar refractivity (Wildman–Crippen MR) is 81.6 cm³/mol. The SMILES string of the molecule is COc1cc(C=CC(=O)C2CCC(C)(C(=O)[O-])CC2)ccc1[O-].[Na+].[Na+]. The van der Waals surface area contributed by atoms with Gasteiger partial charge in [-0.25, -0.2) is 0 Å². The molecule has 7 heteroatoms. The van der Waals surface area contributed by atoms with Crippen LogP contribution in [0.5, 0.6) is 11.5 Å². The Morgan fingerprint density at radius 2 is 1.84 bits per heavy atom. The first-order valence-corrected chi connectivity index (χ1v) is 7.64. The van der Waals surface area contributed by atoms with Crippen LogP contribution in [0.25, 0.3) is 6.08 Å². The maximum Gasteiger partial charge on any atom is 1.00 e. The molecule has 0 heterocycles. The van der Waals surface area contributed by atoms with Gasteiger partial charge in [0.2, 0.25) is 0 Å². The smallest absolute Gasteiger partial charge is 0.870 e. The van der Waals surface area contributed by atoms with Crippen molar-refractivity contribution in [3.05, 3.63) is 29.8 Å². The molecule has 0 saturated heterocycles. The molecular formula is C18H20Na2O5. The Hall–Kier alpha value is -0.300. The van der Waals surface area contributed by atoms with E-state index in [-0.39, 0.29) is 82.3 Å². The van der Waals surface area contributed by atoms with E-state index in [1.807, 2.05) is 0 Å². The number of ether oxygens (including phenoxy) is 1. The number of allylic oxidation sites excluding steroid dienone is 1. The average molecular weight is 362 g/mol. The fourth-order valence-corrected chi connectivity index (χ4v) is 2.85. The molecule has 0 bridgehead atoms. The number of hydrogen-bond acceptors (Lipinski definition) is 5. The number of carbonyl (C=O) groups excluding carboxylic acids is 2. The zero-order chi connectivity index (χ0) is 17.0. The maximum absolute atomic E-state index is 12.2. The molecule has 1 aliphatic rings. The number of carboxylic acids is 1. The average Bonchev–Trinajstić information content (AvgIpc) is 2.54. The third-order valence-corrected chi connectivity index (χ3v) is 4.61. The molecule has 5 nitrogen and oxygen atoms in total. The van der Waals surface area contributed by atoms with E-state index in [2.05, 4.69) is 0 Å². The summed E-state index contributed by atoms with van der Waals surface area (Å²) in [4.78, 5) is 23.3. The van der Waals surface area contributed by atoms with Gasteiger partial charge in [0, 0.05) is 17.3 Å². The zero-order valence-electron chi connectivity index (χ0n) is 15.3. The van der Waals surface area contributed by atoms with Gasteiger partial charge >= 0.3 is 59.1 Å². The van der Waals surface area contributed by atoms with Crippen molar-refractivity contribution >= 4 is 17.8 Å². The number of carbonyl (C=O) groups is 2. The largest absolute Gasteiger partial charge is 1.00 e. The van der Waals surface area contributed by atoms with Gasteiger partial charge < -0.3 is 19.7 Å². The summed E-state index contributed by atoms with van der Waals surface area (Å²) >= 11 is 0. The summed E-state index contributed by atoms with van der Waals surface area (Å²) in [6.45, 7) is 1.68. The van der Waals surface area contributed by atoms with Gasteiger partial charge in [-0.15, -0.1) is 0 Å². The second-order valence-electron chi connectivity index (χ2n) is 6.27. The van der Waals surface area contributed by atoms with Crippen LogP contribution in [0.4, 0.5) is 0 Å². The van der Waals surface area contributed by atoms with E-state index in [4.69, 9.17) is 4.74 Å². The number of carboxylic acid groups (broad SMARTS) is 1. The van der Waals surface area contributed by atoms with Crippen molar-refractivity contribution in [3.8, 4) is 11.5 Å². The Labute approximate surface area is 192 Å². The van der Waals surface area contributed by atoms with Gasteiger partial charge in [-0.05, 0) is 43.4 Å². The van der Waals surface area contributed by atoms with E-state index in [9.17, 15) is 19.8 Å². The molecule has 0 atom stereocenters. The van der Waals surface area contributed by atoms with Crippen LogP contribution in [0.15, 0.2) is 24.3 Å². The number of benzene rings is 1. The van der Waals surface area contributed by atoms with Gasteiger partial charge in [0.25, 0.3) is 0 Å². The summed E-state index contributed by atoms with van der Waals surface area (Å²) in [7, 11) is 1.42. The molecule has 0 amide bonds. The van der Waals surface area contributed by atoms with Crippen LogP contribution in [0.1, 0.15) is 38.2 Å². The third kappa shape index (κ3) is 6.42. The van der Waals surface area contributed by atoms with Crippen molar-refractivity contribution < 1.29 is 83.7 Å². The summed E-state index contributed by atoms with van der Waals surface area (Å²) < 4.78 is 4.96. The predicted octanol–water partition coefficient (Wildman–Crippen LogP) is -4.69. The van der Waals surface area contributed by atoms with E-state index in [0.29, 0.717) is 31.2 Å². The molecule has 0 radical (unpaired) electrons. The van der Waals surface area contributed by atoms with Crippen LogP contribution in [0.2, 0.25) is 0 Å². The molecule has 1 aromatic rings. The Bertz CT molecular complexity index is 634. The van der Waals surface area contributed by atoms with E-state index in [0.717, 1.165) is 0 Å². The van der Waals surface area contributed by atoms with E-state index in [1.54, 1.807) is 25.1 Å². The van der Waals surface area contributed by atoms with Gasteiger partial charge in [-0.3, -0.25) is 4.79 Å². The van der Waals surface area contributed by atoms with Crippen molar-refractivity contribution in [2.45, 2.75) is 32.6 Å². The molecule has 1 aliphatic carbocycles. The summed E-state index contributed by atoms with van der Waals surface area (Å²) in [6.07, 6.45) is 5.16. The Morgan fingerprint density at radius 1 is 1.24 bits per heavy atom. The summed E-state index contributed by atoms with van der Waals surface area (Å²) in [5, 5.41) is 22.5. The second kappa shape index (κ2) is 10.8. The molecule has 0 aromatic heterocycles. The monoisotopic (exact) mass is 362 g/mol. The first-order chi connectivity index (χ1) is 10.9. The minimum absolute atomic E-state index is 0. The van der Waals surface area contributed by atoms with Crippen LogP contribution >= 0.6 is 0 Å². The van der Waals surface area contributed by atoms with Crippen LogP contribution in [-0.4, -0.2) is 18.9 Å². The van der Waals surface area contributed by atoms with Crippen molar-refractivity contribution in [3.63, 3.8) is 0 Å². The maximum atomic E-state index is 12.2. The molecule has 0 spiro atoms. The van der Waals surface area contributed by atoms with Gasteiger partial charge in [0.15, 0.2) is 5.78 Å². The molecule has 25 heavy (non-hydrogen) atoms. The number of methoxy groups -OCH3 is 1. The van der Waals surface area contributed by atoms with Crippen LogP contribution in [0, 0.1) is 11.3 Å². The van der Waals surface area contributed by atoms with Crippen LogP contribution < -0.4 is 74.1 Å². The van der Waals surface area contributed by atoms with Gasteiger partial charge in [-0.2, -0.15) is 0 Å². The number of hydrogen-bond donors (Lipinski definition) is 0. The van der Waals surface area contributed by atoms with Gasteiger partial charge in [0.1, 0.15) is 5.75 Å². The van der Waals surface area contributed by atoms with Crippen molar-refractivity contribution in [2.75, 3.05) is 7.11 Å². The first kappa shape index (κ1) is 24.7. The van der Waals surface area contributed by atoms with E-state index in [1.165, 1.54) is 19.3 Å². The molecule has 1 aromatic carbocycles. The number of ketones is 1. The normalized spacial score (nSPS) is 22.6. The van der Waals surface area contributed by atoms with Gasteiger partial charge in [0.05, 0.1) is 7.11 Å². The van der Waals surface area contributed by atoms with Crippen LogP contribution in [0.3, 0.4) is 0 Å². The van der Waals surface area contributed by atoms with E-state index < -0.39 is 11.4 Å². The fraction of sp³-hybridized carbons (Fsp3) is 0.444.